The molecule has 2 unspecified atom stereocenters. The molecule has 2 amide bonds. The first-order chi connectivity index (χ1) is 12.4. The summed E-state index contributed by atoms with van der Waals surface area (Å²) in [4.78, 5) is 39.1. The van der Waals surface area contributed by atoms with Gasteiger partial charge in [0, 0.05) is 20.1 Å². The molecular weight excluding hydrogens is 336 g/mol. The minimum atomic E-state index is -0.864. The van der Waals surface area contributed by atoms with Gasteiger partial charge in [0.05, 0.1) is 18.6 Å². The molecule has 0 radical (unpaired) electrons. The number of aliphatic carboxylic acids is 1. The monoisotopic (exact) mass is 368 g/mol. The molecule has 148 valence electrons. The number of nitrogens with zero attached hydrogens (tertiary/aromatic N) is 2. The molecule has 0 aromatic carbocycles. The Kier molecular flexibility index (Phi) is 7.87. The van der Waals surface area contributed by atoms with Crippen molar-refractivity contribution in [3.8, 4) is 0 Å². The second-order valence-corrected chi connectivity index (χ2v) is 7.60. The molecule has 1 aliphatic heterocycles. The predicted molar refractivity (Wildman–Crippen MR) is 96.6 cm³/mol. The van der Waals surface area contributed by atoms with E-state index in [4.69, 9.17) is 9.84 Å². The van der Waals surface area contributed by atoms with Crippen LogP contribution in [0.4, 0.5) is 0 Å². The molecule has 1 saturated heterocycles. The van der Waals surface area contributed by atoms with Crippen molar-refractivity contribution in [1.29, 1.82) is 0 Å². The highest BCUT2D eigenvalue weighted by Crippen LogP contribution is 2.21. The number of likely N-dealkylation sites (tertiary alicyclic amines) is 1. The van der Waals surface area contributed by atoms with Crippen molar-refractivity contribution in [3.63, 3.8) is 0 Å². The Bertz CT molecular complexity index is 502. The minimum Gasteiger partial charge on any atom is -0.481 e. The van der Waals surface area contributed by atoms with Gasteiger partial charge in [0.15, 0.2) is 0 Å². The van der Waals surface area contributed by atoms with Crippen LogP contribution in [0.2, 0.25) is 0 Å². The summed E-state index contributed by atoms with van der Waals surface area (Å²) < 4.78 is 5.94. The largest absolute Gasteiger partial charge is 0.481 e. The fraction of sp³-hybridized carbons (Fsp3) is 0.842. The summed E-state index contributed by atoms with van der Waals surface area (Å²) in [6.45, 7) is 2.49. The maximum absolute atomic E-state index is 12.5. The van der Waals surface area contributed by atoms with Gasteiger partial charge in [-0.1, -0.05) is 25.7 Å². The molecule has 1 N–H and O–H groups in total. The molecule has 7 nitrogen and oxygen atoms in total. The van der Waals surface area contributed by atoms with Gasteiger partial charge in [-0.05, 0) is 32.6 Å². The van der Waals surface area contributed by atoms with Crippen LogP contribution >= 0.6 is 0 Å². The van der Waals surface area contributed by atoms with E-state index in [1.54, 1.807) is 18.9 Å². The third-order valence-corrected chi connectivity index (χ3v) is 5.42. The molecule has 0 spiro atoms. The Balaban J connectivity index is 1.81. The van der Waals surface area contributed by atoms with Gasteiger partial charge in [-0.15, -0.1) is 0 Å². The van der Waals surface area contributed by atoms with E-state index in [-0.39, 0.29) is 31.0 Å². The third kappa shape index (κ3) is 5.97. The van der Waals surface area contributed by atoms with Crippen LogP contribution in [0.15, 0.2) is 0 Å². The topological polar surface area (TPSA) is 87.2 Å². The normalized spacial score (nSPS) is 23.2. The highest BCUT2D eigenvalue weighted by Gasteiger charge is 2.30. The molecule has 26 heavy (non-hydrogen) atoms. The van der Waals surface area contributed by atoms with Crippen LogP contribution in [0.3, 0.4) is 0 Å². The summed E-state index contributed by atoms with van der Waals surface area (Å²) in [6.07, 6.45) is 7.55. The fourth-order valence-electron chi connectivity index (χ4n) is 3.82. The lowest BCUT2D eigenvalue weighted by Gasteiger charge is -2.32. The van der Waals surface area contributed by atoms with Crippen LogP contribution in [0, 0.1) is 5.92 Å². The molecular formula is C19H32N2O5. The number of carbonyl (C=O) groups is 3. The number of carboxylic acid groups (broad SMARTS) is 1. The molecule has 2 fully saturated rings. The zero-order valence-electron chi connectivity index (χ0n) is 16.0. The molecule has 7 heteroatoms. The molecule has 1 aliphatic carbocycles. The van der Waals surface area contributed by atoms with E-state index in [1.165, 1.54) is 17.7 Å². The van der Waals surface area contributed by atoms with Crippen LogP contribution in [-0.4, -0.2) is 71.6 Å². The first kappa shape index (κ1) is 20.7. The second-order valence-electron chi connectivity index (χ2n) is 7.60. The maximum atomic E-state index is 12.5. The van der Waals surface area contributed by atoms with Crippen molar-refractivity contribution in [2.24, 2.45) is 5.92 Å². The molecule has 1 heterocycles. The van der Waals surface area contributed by atoms with Gasteiger partial charge in [0.2, 0.25) is 5.91 Å². The number of carboxylic acids is 1. The summed E-state index contributed by atoms with van der Waals surface area (Å²) in [5.74, 6) is -1.77. The third-order valence-electron chi connectivity index (χ3n) is 5.42. The van der Waals surface area contributed by atoms with Crippen LogP contribution in [-0.2, 0) is 19.1 Å². The highest BCUT2D eigenvalue weighted by molar-refractivity contribution is 5.87. The second kappa shape index (κ2) is 9.90. The summed E-state index contributed by atoms with van der Waals surface area (Å²) in [6, 6.07) is 0. The van der Waals surface area contributed by atoms with Crippen molar-refractivity contribution >= 4 is 17.8 Å². The number of carbonyl (C=O) groups excluding carboxylic acids is 2. The van der Waals surface area contributed by atoms with E-state index < -0.39 is 18.0 Å². The number of ether oxygens (including phenoxy) is 1. The Hall–Kier alpha value is -1.63. The number of hydrogen-bond donors (Lipinski definition) is 1. The van der Waals surface area contributed by atoms with Gasteiger partial charge in [-0.3, -0.25) is 14.4 Å². The van der Waals surface area contributed by atoms with Crippen LogP contribution in [0.25, 0.3) is 0 Å². The van der Waals surface area contributed by atoms with Crippen LogP contribution < -0.4 is 0 Å². The van der Waals surface area contributed by atoms with E-state index in [0.29, 0.717) is 19.4 Å². The SMILES string of the molecule is CC(OC1CCCCCC1)C(=O)N(C)CC(=O)N1CCCC(C(=O)O)C1. The molecule has 2 aliphatic rings. The number of hydrogen-bond acceptors (Lipinski definition) is 4. The number of piperidine rings is 1. The lowest BCUT2D eigenvalue weighted by atomic mass is 9.98. The zero-order valence-corrected chi connectivity index (χ0v) is 16.0. The van der Waals surface area contributed by atoms with Crippen LogP contribution in [0.5, 0.6) is 0 Å². The maximum Gasteiger partial charge on any atom is 0.308 e. The van der Waals surface area contributed by atoms with Crippen molar-refractivity contribution in [2.75, 3.05) is 26.7 Å². The van der Waals surface area contributed by atoms with Crippen LogP contribution in [0.1, 0.15) is 58.3 Å². The lowest BCUT2D eigenvalue weighted by Crippen LogP contribution is -2.48. The van der Waals surface area contributed by atoms with E-state index in [2.05, 4.69) is 0 Å². The molecule has 1 saturated carbocycles. The average molecular weight is 368 g/mol. The minimum absolute atomic E-state index is 0.0382. The van der Waals surface area contributed by atoms with Crippen molar-refractivity contribution in [3.05, 3.63) is 0 Å². The summed E-state index contributed by atoms with van der Waals surface area (Å²) in [5, 5.41) is 9.14. The van der Waals surface area contributed by atoms with E-state index in [9.17, 15) is 14.4 Å². The Labute approximate surface area is 155 Å². The smallest absolute Gasteiger partial charge is 0.308 e. The van der Waals surface area contributed by atoms with Gasteiger partial charge in [0.25, 0.3) is 5.91 Å². The number of rotatable bonds is 6. The molecule has 2 atom stereocenters. The van der Waals surface area contributed by atoms with Crippen molar-refractivity contribution in [1.82, 2.24) is 9.80 Å². The molecule has 2 rings (SSSR count). The number of amides is 2. The molecule has 0 aromatic heterocycles. The van der Waals surface area contributed by atoms with Gasteiger partial charge >= 0.3 is 5.97 Å². The van der Waals surface area contributed by atoms with E-state index >= 15 is 0 Å². The van der Waals surface area contributed by atoms with Gasteiger partial charge in [0.1, 0.15) is 6.10 Å². The van der Waals surface area contributed by atoms with Gasteiger partial charge in [-0.2, -0.15) is 0 Å². The van der Waals surface area contributed by atoms with E-state index in [0.717, 1.165) is 25.7 Å². The van der Waals surface area contributed by atoms with Crippen molar-refractivity contribution < 1.29 is 24.2 Å². The first-order valence-corrected chi connectivity index (χ1v) is 9.79. The predicted octanol–water partition coefficient (Wildman–Crippen LogP) is 1.90. The summed E-state index contributed by atoms with van der Waals surface area (Å²) in [5.41, 5.74) is 0. The summed E-state index contributed by atoms with van der Waals surface area (Å²) in [7, 11) is 1.60. The van der Waals surface area contributed by atoms with Gasteiger partial charge < -0.3 is 19.6 Å². The van der Waals surface area contributed by atoms with Gasteiger partial charge in [-0.25, -0.2) is 0 Å². The molecule has 0 aromatic rings. The Morgan fingerprint density at radius 2 is 1.77 bits per heavy atom. The van der Waals surface area contributed by atoms with Crippen molar-refractivity contribution in [2.45, 2.75) is 70.5 Å². The molecule has 0 bridgehead atoms. The standard InChI is InChI=1S/C19H32N2O5/c1-14(26-16-9-5-3-4-6-10-16)18(23)20(2)13-17(22)21-11-7-8-15(12-21)19(24)25/h14-16H,3-13H2,1-2H3,(H,24,25). The average Bonchev–Trinajstić information content (AvgIpc) is 2.89. The highest BCUT2D eigenvalue weighted by atomic mass is 16.5. The van der Waals surface area contributed by atoms with E-state index in [1.807, 2.05) is 0 Å². The quantitative estimate of drug-likeness (QED) is 0.724. The Morgan fingerprint density at radius 1 is 1.12 bits per heavy atom. The number of likely N-dealkylation sites (N-methyl/N-ethyl adjacent to an activating group) is 1. The Morgan fingerprint density at radius 3 is 2.38 bits per heavy atom. The lowest BCUT2D eigenvalue weighted by molar-refractivity contribution is -0.151. The fourth-order valence-corrected chi connectivity index (χ4v) is 3.82. The first-order valence-electron chi connectivity index (χ1n) is 9.79. The summed E-state index contributed by atoms with van der Waals surface area (Å²) >= 11 is 0. The zero-order chi connectivity index (χ0) is 19.1.